The normalized spacial score (nSPS) is 1.50. The fraction of sp³-hybridized carbons (Fsp3) is 0. The molecule has 4 heteroatoms. The summed E-state index contributed by atoms with van der Waals surface area (Å²) in [6, 6.07) is 0. The van der Waals surface area contributed by atoms with Gasteiger partial charge in [0.25, 0.3) is 0 Å². The Bertz CT molecular complexity index is 8.00. The van der Waals surface area contributed by atoms with Crippen molar-refractivity contribution >= 4 is 9.39 Å². The van der Waals surface area contributed by atoms with E-state index < -0.39 is 0 Å². The van der Waals surface area contributed by atoms with E-state index >= 15 is 0 Å². The van der Waals surface area contributed by atoms with E-state index in [9.17, 15) is 0 Å². The molecule has 0 amide bonds. The summed E-state index contributed by atoms with van der Waals surface area (Å²) in [5, 5.41) is 0. The second kappa shape index (κ2) is 18.5. The second-order valence-corrected chi connectivity index (χ2v) is 0. The molecule has 4 heavy (non-hydrogen) atoms. The van der Waals surface area contributed by atoms with Gasteiger partial charge in [0.2, 0.25) is 0 Å². The second-order valence-electron chi connectivity index (χ2n) is 0. The quantitative estimate of drug-likeness (QED) is 0.252. The van der Waals surface area contributed by atoms with Gasteiger partial charge in [-0.1, -0.05) is 9.39 Å². The molecule has 0 aliphatic carbocycles. The van der Waals surface area contributed by atoms with Gasteiger partial charge in [-0.3, -0.25) is 0 Å². The number of hydrogen-bond acceptors (Lipinski definition) is 1. The van der Waals surface area contributed by atoms with Gasteiger partial charge in [0.1, 0.15) is 0 Å². The SMILES string of the molecule is NP.[Cl-].[K+]. The maximum Gasteiger partial charge on any atom is 1.00 e. The smallest absolute Gasteiger partial charge is 1.00 e. The Balaban J connectivity index is -0.00000000500. The van der Waals surface area contributed by atoms with Crippen molar-refractivity contribution in [2.75, 3.05) is 0 Å². The number of hydrogen-bond donors (Lipinski definition) is 1. The molecule has 0 fully saturated rings. The first-order chi connectivity index (χ1) is 1.00. The molecule has 0 rings (SSSR count). The molecule has 0 aliphatic rings. The van der Waals surface area contributed by atoms with Crippen molar-refractivity contribution in [3.05, 3.63) is 0 Å². The molecule has 0 saturated heterocycles. The molecule has 1 atom stereocenters. The van der Waals surface area contributed by atoms with Crippen molar-refractivity contribution < 1.29 is 63.8 Å². The van der Waals surface area contributed by atoms with Crippen LogP contribution in [0.5, 0.6) is 0 Å². The van der Waals surface area contributed by atoms with Crippen LogP contribution < -0.4 is 69.3 Å². The van der Waals surface area contributed by atoms with Gasteiger partial charge in [-0.05, 0) is 0 Å². The van der Waals surface area contributed by atoms with Crippen molar-refractivity contribution in [2.45, 2.75) is 0 Å². The van der Waals surface area contributed by atoms with Crippen LogP contribution in [0.4, 0.5) is 0 Å². The van der Waals surface area contributed by atoms with Gasteiger partial charge in [0, 0.05) is 0 Å². The largest absolute Gasteiger partial charge is 1.00 e. The minimum Gasteiger partial charge on any atom is -1.00 e. The zero-order valence-electron chi connectivity index (χ0n) is 2.53. The Morgan fingerprint density at radius 2 is 1.25 bits per heavy atom. The summed E-state index contributed by atoms with van der Waals surface area (Å²) < 4.78 is 0. The van der Waals surface area contributed by atoms with Crippen molar-refractivity contribution in [1.82, 2.24) is 0 Å². The van der Waals surface area contributed by atoms with Crippen LogP contribution in [0.1, 0.15) is 0 Å². The molecule has 0 aromatic heterocycles. The summed E-state index contributed by atoms with van der Waals surface area (Å²) in [6.45, 7) is 0. The minimum absolute atomic E-state index is 0. The van der Waals surface area contributed by atoms with Gasteiger partial charge < -0.3 is 17.9 Å². The van der Waals surface area contributed by atoms with E-state index in [0.29, 0.717) is 0 Å². The van der Waals surface area contributed by atoms with Crippen molar-refractivity contribution in [3.63, 3.8) is 0 Å². The van der Waals surface area contributed by atoms with Crippen LogP contribution >= 0.6 is 9.39 Å². The fourth-order valence-corrected chi connectivity index (χ4v) is 0. The molecule has 0 spiro atoms. The topological polar surface area (TPSA) is 26.0 Å². The molecular formula is H4ClKNP. The van der Waals surface area contributed by atoms with E-state index in [4.69, 9.17) is 0 Å². The summed E-state index contributed by atoms with van der Waals surface area (Å²) in [5.74, 6) is 0. The fourth-order valence-electron chi connectivity index (χ4n) is 0. The Morgan fingerprint density at radius 3 is 1.25 bits per heavy atom. The van der Waals surface area contributed by atoms with Gasteiger partial charge in [0.05, 0.1) is 0 Å². The van der Waals surface area contributed by atoms with Gasteiger partial charge in [-0.25, -0.2) is 0 Å². The maximum absolute atomic E-state index is 4.42. The van der Waals surface area contributed by atoms with E-state index in [-0.39, 0.29) is 63.8 Å². The predicted molar refractivity (Wildman–Crippen MR) is 13.9 cm³/mol. The molecule has 2 N–H and O–H groups in total. The first-order valence-corrected chi connectivity index (χ1v) is 1.00. The van der Waals surface area contributed by atoms with E-state index in [1.165, 1.54) is 0 Å². The average molecular weight is 124 g/mol. The third kappa shape index (κ3) is 8.85. The minimum atomic E-state index is 0. The molecule has 0 radical (unpaired) electrons. The zero-order valence-corrected chi connectivity index (χ0v) is 7.57. The molecule has 0 heterocycles. The summed E-state index contributed by atoms with van der Waals surface area (Å²) in [7, 11) is 1.92. The van der Waals surface area contributed by atoms with Crippen LogP contribution in [0, 0.1) is 0 Å². The molecule has 22 valence electrons. The standard InChI is InChI=1S/ClH.K.H4NP/c;;1-2/h1H;;1-2H2/q;+1;/p-1. The average Bonchev–Trinajstić information content (AvgIpc) is 1.00. The predicted octanol–water partition coefficient (Wildman–Crippen LogP) is -6.26. The Hall–Kier alpha value is 2.32. The molecule has 1 unspecified atom stereocenters. The zero-order chi connectivity index (χ0) is 2.00. The van der Waals surface area contributed by atoms with Crippen LogP contribution in [0.15, 0.2) is 0 Å². The van der Waals surface area contributed by atoms with Crippen molar-refractivity contribution in [3.8, 4) is 0 Å². The summed E-state index contributed by atoms with van der Waals surface area (Å²) >= 11 is 0. The van der Waals surface area contributed by atoms with Gasteiger partial charge in [-0.15, -0.1) is 0 Å². The number of halogens is 1. The van der Waals surface area contributed by atoms with Gasteiger partial charge in [0.15, 0.2) is 0 Å². The number of rotatable bonds is 0. The van der Waals surface area contributed by atoms with Crippen molar-refractivity contribution in [2.24, 2.45) is 5.50 Å². The summed E-state index contributed by atoms with van der Waals surface area (Å²) in [6.07, 6.45) is 0. The van der Waals surface area contributed by atoms with E-state index in [0.717, 1.165) is 0 Å². The molecule has 0 saturated carbocycles. The molecular weight excluding hydrogens is 120 g/mol. The van der Waals surface area contributed by atoms with Crippen LogP contribution in [0.25, 0.3) is 0 Å². The summed E-state index contributed by atoms with van der Waals surface area (Å²) in [4.78, 5) is 0. The summed E-state index contributed by atoms with van der Waals surface area (Å²) in [5.41, 5.74) is 4.42. The van der Waals surface area contributed by atoms with Crippen LogP contribution in [0.3, 0.4) is 0 Å². The van der Waals surface area contributed by atoms with E-state index in [1.54, 1.807) is 0 Å². The van der Waals surface area contributed by atoms with Gasteiger partial charge in [-0.2, -0.15) is 0 Å². The molecule has 0 bridgehead atoms. The Labute approximate surface area is 77.2 Å². The molecule has 0 aromatic rings. The first-order valence-electron chi connectivity index (χ1n) is 0.333. The van der Waals surface area contributed by atoms with Crippen LogP contribution in [-0.4, -0.2) is 0 Å². The van der Waals surface area contributed by atoms with Crippen molar-refractivity contribution in [1.29, 1.82) is 0 Å². The van der Waals surface area contributed by atoms with Crippen LogP contribution in [-0.2, 0) is 0 Å². The van der Waals surface area contributed by atoms with E-state index in [1.807, 2.05) is 9.39 Å². The molecule has 0 aliphatic heterocycles. The Kier molecular flexibility index (Phi) is 74.9. The number of nitrogens with two attached hydrogens (primary N) is 1. The molecule has 1 nitrogen and oxygen atoms in total. The van der Waals surface area contributed by atoms with Gasteiger partial charge >= 0.3 is 51.4 Å². The monoisotopic (exact) mass is 123 g/mol. The van der Waals surface area contributed by atoms with E-state index in [2.05, 4.69) is 5.50 Å². The third-order valence-electron chi connectivity index (χ3n) is 0. The molecule has 0 aromatic carbocycles. The Morgan fingerprint density at radius 1 is 1.25 bits per heavy atom. The maximum atomic E-state index is 4.42. The third-order valence-corrected chi connectivity index (χ3v) is 0. The van der Waals surface area contributed by atoms with Crippen LogP contribution in [0.2, 0.25) is 0 Å². The first kappa shape index (κ1) is 16.2.